The molecule has 0 aliphatic carbocycles. The second-order valence-electron chi connectivity index (χ2n) is 4.47. The van der Waals surface area contributed by atoms with Gasteiger partial charge in [0.25, 0.3) is 0 Å². The summed E-state index contributed by atoms with van der Waals surface area (Å²) in [6, 6.07) is 0.281. The van der Waals surface area contributed by atoms with E-state index in [4.69, 9.17) is 9.47 Å². The highest BCUT2D eigenvalue weighted by Gasteiger charge is 2.26. The molecule has 0 aromatic heterocycles. The van der Waals surface area contributed by atoms with Crippen LogP contribution in [0.3, 0.4) is 0 Å². The summed E-state index contributed by atoms with van der Waals surface area (Å²) in [5.41, 5.74) is 0. The molecular formula is C12H23NO3. The van der Waals surface area contributed by atoms with E-state index >= 15 is 0 Å². The van der Waals surface area contributed by atoms with E-state index in [1.54, 1.807) is 0 Å². The highest BCUT2D eigenvalue weighted by atomic mass is 16.5. The second-order valence-corrected chi connectivity index (χ2v) is 4.47. The Labute approximate surface area is 97.9 Å². The zero-order chi connectivity index (χ0) is 12.0. The van der Waals surface area contributed by atoms with Crippen molar-refractivity contribution in [3.63, 3.8) is 0 Å². The van der Waals surface area contributed by atoms with Crippen LogP contribution in [0.1, 0.15) is 27.2 Å². The second kappa shape index (κ2) is 6.86. The van der Waals surface area contributed by atoms with Crippen molar-refractivity contribution in [1.82, 2.24) is 4.90 Å². The third-order valence-electron chi connectivity index (χ3n) is 2.97. The van der Waals surface area contributed by atoms with E-state index in [9.17, 15) is 4.79 Å². The molecule has 1 heterocycles. The van der Waals surface area contributed by atoms with Crippen molar-refractivity contribution in [3.05, 3.63) is 0 Å². The zero-order valence-electron chi connectivity index (χ0n) is 10.6. The molecule has 1 rings (SSSR count). The van der Waals surface area contributed by atoms with Gasteiger partial charge in [0.15, 0.2) is 0 Å². The lowest BCUT2D eigenvalue weighted by atomic mass is 9.99. The first-order valence-electron chi connectivity index (χ1n) is 6.12. The molecule has 0 radical (unpaired) electrons. The first-order valence-corrected chi connectivity index (χ1v) is 6.12. The molecule has 0 unspecified atom stereocenters. The predicted octanol–water partition coefficient (Wildman–Crippen LogP) is 1.30. The summed E-state index contributed by atoms with van der Waals surface area (Å²) in [4.78, 5) is 13.9. The van der Waals surface area contributed by atoms with Crippen LogP contribution in [0.5, 0.6) is 0 Å². The Bertz CT molecular complexity index is 212. The Hall–Kier alpha value is -0.610. The van der Waals surface area contributed by atoms with Crippen molar-refractivity contribution in [1.29, 1.82) is 0 Å². The molecule has 1 aliphatic rings. The molecule has 1 aliphatic heterocycles. The van der Waals surface area contributed by atoms with E-state index in [1.807, 2.05) is 6.92 Å². The summed E-state index contributed by atoms with van der Waals surface area (Å²) < 4.78 is 10.3. The van der Waals surface area contributed by atoms with E-state index in [-0.39, 0.29) is 12.0 Å². The Balaban J connectivity index is 2.48. The van der Waals surface area contributed by atoms with Crippen molar-refractivity contribution in [3.8, 4) is 0 Å². The molecule has 1 fully saturated rings. The molecule has 0 bridgehead atoms. The van der Waals surface area contributed by atoms with Gasteiger partial charge in [0.05, 0.1) is 26.2 Å². The topological polar surface area (TPSA) is 38.8 Å². The maximum atomic E-state index is 11.5. The number of morpholine rings is 1. The van der Waals surface area contributed by atoms with Gasteiger partial charge in [0.2, 0.25) is 0 Å². The Kier molecular flexibility index (Phi) is 5.77. The Morgan fingerprint density at radius 3 is 2.50 bits per heavy atom. The first-order chi connectivity index (χ1) is 7.65. The number of hydrogen-bond acceptors (Lipinski definition) is 4. The summed E-state index contributed by atoms with van der Waals surface area (Å²) in [6.07, 6.45) is 0.492. The van der Waals surface area contributed by atoms with E-state index in [2.05, 4.69) is 18.7 Å². The monoisotopic (exact) mass is 229 g/mol. The molecule has 4 nitrogen and oxygen atoms in total. The Morgan fingerprint density at radius 1 is 1.38 bits per heavy atom. The number of hydrogen-bond donors (Lipinski definition) is 0. The van der Waals surface area contributed by atoms with E-state index < -0.39 is 0 Å². The maximum Gasteiger partial charge on any atom is 0.307 e. The van der Waals surface area contributed by atoms with Gasteiger partial charge >= 0.3 is 5.97 Å². The highest BCUT2D eigenvalue weighted by Crippen LogP contribution is 2.16. The molecule has 0 aromatic carbocycles. The lowest BCUT2D eigenvalue weighted by molar-refractivity contribution is -0.145. The van der Waals surface area contributed by atoms with Gasteiger partial charge in [-0.05, 0) is 12.8 Å². The average molecular weight is 229 g/mol. The van der Waals surface area contributed by atoms with Crippen LogP contribution in [0.25, 0.3) is 0 Å². The fraction of sp³-hybridized carbons (Fsp3) is 0.917. The fourth-order valence-electron chi connectivity index (χ4n) is 2.09. The third-order valence-corrected chi connectivity index (χ3v) is 2.97. The van der Waals surface area contributed by atoms with Gasteiger partial charge in [-0.25, -0.2) is 0 Å². The van der Waals surface area contributed by atoms with Gasteiger partial charge in [0, 0.05) is 19.1 Å². The summed E-state index contributed by atoms with van der Waals surface area (Å²) in [5.74, 6) is 0.371. The summed E-state index contributed by atoms with van der Waals surface area (Å²) in [6.45, 7) is 9.99. The predicted molar refractivity (Wildman–Crippen MR) is 62.3 cm³/mol. The van der Waals surface area contributed by atoms with Crippen LogP contribution in [0, 0.1) is 5.92 Å². The van der Waals surface area contributed by atoms with Crippen LogP contribution in [0.2, 0.25) is 0 Å². The van der Waals surface area contributed by atoms with E-state index in [1.165, 1.54) is 0 Å². The van der Waals surface area contributed by atoms with Crippen molar-refractivity contribution < 1.29 is 14.3 Å². The minimum atomic E-state index is -0.0901. The molecule has 0 aromatic rings. The smallest absolute Gasteiger partial charge is 0.307 e. The molecule has 0 spiro atoms. The lowest BCUT2D eigenvalue weighted by Crippen LogP contribution is -2.47. The number of rotatable bonds is 5. The lowest BCUT2D eigenvalue weighted by Gasteiger charge is -2.36. The molecule has 4 heteroatoms. The van der Waals surface area contributed by atoms with Gasteiger partial charge < -0.3 is 9.47 Å². The van der Waals surface area contributed by atoms with E-state index in [0.717, 1.165) is 26.3 Å². The summed E-state index contributed by atoms with van der Waals surface area (Å²) in [7, 11) is 0. The molecule has 1 atom stereocenters. The quantitative estimate of drug-likeness (QED) is 0.666. The molecule has 94 valence electrons. The number of nitrogens with zero attached hydrogens (tertiary/aromatic N) is 1. The van der Waals surface area contributed by atoms with Crippen LogP contribution >= 0.6 is 0 Å². The van der Waals surface area contributed by atoms with Gasteiger partial charge in [-0.2, -0.15) is 0 Å². The largest absolute Gasteiger partial charge is 0.466 e. The summed E-state index contributed by atoms with van der Waals surface area (Å²) in [5, 5.41) is 0. The van der Waals surface area contributed by atoms with Crippen molar-refractivity contribution in [2.75, 3.05) is 32.9 Å². The third kappa shape index (κ3) is 4.10. The maximum absolute atomic E-state index is 11.5. The van der Waals surface area contributed by atoms with Crippen LogP contribution in [-0.2, 0) is 14.3 Å². The van der Waals surface area contributed by atoms with Gasteiger partial charge in [-0.1, -0.05) is 13.8 Å². The SMILES string of the molecule is CCOC(=O)C[C@@H](C(C)C)N1CCOCC1. The van der Waals surface area contributed by atoms with E-state index in [0.29, 0.717) is 18.9 Å². The first kappa shape index (κ1) is 13.5. The van der Waals surface area contributed by atoms with Gasteiger partial charge in [-0.3, -0.25) is 9.69 Å². The minimum absolute atomic E-state index is 0.0901. The molecule has 0 saturated carbocycles. The van der Waals surface area contributed by atoms with Crippen LogP contribution in [0.4, 0.5) is 0 Å². The van der Waals surface area contributed by atoms with Crippen LogP contribution in [0.15, 0.2) is 0 Å². The minimum Gasteiger partial charge on any atom is -0.466 e. The van der Waals surface area contributed by atoms with Gasteiger partial charge in [-0.15, -0.1) is 0 Å². The molecular weight excluding hydrogens is 206 g/mol. The molecule has 0 amide bonds. The number of esters is 1. The molecule has 16 heavy (non-hydrogen) atoms. The standard InChI is InChI=1S/C12H23NO3/c1-4-16-12(14)9-11(10(2)3)13-5-7-15-8-6-13/h10-11H,4-9H2,1-3H3/t11-/m0/s1. The highest BCUT2D eigenvalue weighted by molar-refractivity contribution is 5.70. The fourth-order valence-corrected chi connectivity index (χ4v) is 2.09. The average Bonchev–Trinajstić information content (AvgIpc) is 2.27. The Morgan fingerprint density at radius 2 is 2.00 bits per heavy atom. The van der Waals surface area contributed by atoms with Crippen LogP contribution in [-0.4, -0.2) is 49.8 Å². The van der Waals surface area contributed by atoms with Crippen LogP contribution < -0.4 is 0 Å². The van der Waals surface area contributed by atoms with Gasteiger partial charge in [0.1, 0.15) is 0 Å². The van der Waals surface area contributed by atoms with Crippen molar-refractivity contribution in [2.24, 2.45) is 5.92 Å². The summed E-state index contributed by atoms with van der Waals surface area (Å²) >= 11 is 0. The molecule has 0 N–H and O–H groups in total. The molecule has 1 saturated heterocycles. The number of ether oxygens (including phenoxy) is 2. The zero-order valence-corrected chi connectivity index (χ0v) is 10.6. The number of carbonyl (C=O) groups is 1. The number of carbonyl (C=O) groups excluding carboxylic acids is 1. The normalized spacial score (nSPS) is 19.8. The van der Waals surface area contributed by atoms with Crippen molar-refractivity contribution in [2.45, 2.75) is 33.2 Å². The van der Waals surface area contributed by atoms with Crippen molar-refractivity contribution >= 4 is 5.97 Å².